The number of aliphatic carboxylic acids is 1. The molecule has 0 radical (unpaired) electrons. The summed E-state index contributed by atoms with van der Waals surface area (Å²) >= 11 is 0.916. The molecule has 3 aliphatic heterocycles. The minimum Gasteiger partial charge on any atom is -0.479 e. The number of carbonyl (C=O) groups excluding carboxylic acids is 3. The molecule has 0 saturated carbocycles. The van der Waals surface area contributed by atoms with Crippen LogP contribution < -0.4 is 5.32 Å². The third-order valence-corrected chi connectivity index (χ3v) is 7.04. The van der Waals surface area contributed by atoms with Crippen LogP contribution in [0.3, 0.4) is 0 Å². The summed E-state index contributed by atoms with van der Waals surface area (Å²) in [4.78, 5) is 52.7. The van der Waals surface area contributed by atoms with Gasteiger partial charge in [0.1, 0.15) is 17.5 Å². The van der Waals surface area contributed by atoms with Crippen molar-refractivity contribution >= 4 is 35.6 Å². The number of carboxylic acid groups (broad SMARTS) is 1. The maximum atomic E-state index is 12.6. The van der Waals surface area contributed by atoms with Gasteiger partial charge in [0.25, 0.3) is 0 Å². The molecule has 3 fully saturated rings. The number of carbonyl (C=O) groups is 4. The topological polar surface area (TPSA) is 165 Å². The molecule has 162 valence electrons. The lowest BCUT2D eigenvalue weighted by atomic mass is 10.0. The molecule has 3 saturated heterocycles. The van der Waals surface area contributed by atoms with E-state index >= 15 is 0 Å². The van der Waals surface area contributed by atoms with Crippen LogP contribution in [0.15, 0.2) is 35.4 Å². The molecule has 13 heteroatoms. The Bertz CT molecular complexity index is 985. The Morgan fingerprint density at radius 2 is 2.10 bits per heavy atom. The van der Waals surface area contributed by atoms with Crippen LogP contribution >= 0.6 is 11.8 Å². The first-order chi connectivity index (χ1) is 14.9. The van der Waals surface area contributed by atoms with Gasteiger partial charge in [0, 0.05) is 4.91 Å². The molecule has 0 aromatic heterocycles. The fourth-order valence-electron chi connectivity index (χ4n) is 3.85. The van der Waals surface area contributed by atoms with E-state index in [1.54, 1.807) is 24.3 Å². The van der Waals surface area contributed by atoms with Gasteiger partial charge < -0.3 is 20.1 Å². The summed E-state index contributed by atoms with van der Waals surface area (Å²) in [6.07, 6.45) is -1.54. The predicted molar refractivity (Wildman–Crippen MR) is 107 cm³/mol. The highest BCUT2D eigenvalue weighted by Crippen LogP contribution is 2.49. The zero-order valence-electron chi connectivity index (χ0n) is 16.1. The number of fused-ring (bicyclic) bond motifs is 1. The van der Waals surface area contributed by atoms with Crippen LogP contribution in [-0.2, 0) is 25.5 Å². The summed E-state index contributed by atoms with van der Waals surface area (Å²) in [6, 6.07) is 8.14. The van der Waals surface area contributed by atoms with Crippen LogP contribution in [0.25, 0.3) is 10.4 Å². The lowest BCUT2D eigenvalue weighted by Gasteiger charge is -2.41. The van der Waals surface area contributed by atoms with E-state index in [1.165, 1.54) is 4.90 Å². The van der Waals surface area contributed by atoms with Gasteiger partial charge in [-0.15, -0.1) is 0 Å². The van der Waals surface area contributed by atoms with Gasteiger partial charge in [-0.3, -0.25) is 14.5 Å². The molecule has 0 aliphatic carbocycles. The molecule has 4 atom stereocenters. The highest BCUT2D eigenvalue weighted by atomic mass is 32.2. The van der Waals surface area contributed by atoms with Crippen LogP contribution in [0.5, 0.6) is 0 Å². The second-order valence-electron chi connectivity index (χ2n) is 7.30. The fourth-order valence-corrected chi connectivity index (χ4v) is 5.47. The van der Waals surface area contributed by atoms with Crippen LogP contribution in [0, 0.1) is 0 Å². The molecular formula is C18H18N6O6S. The molecule has 3 heterocycles. The second kappa shape index (κ2) is 8.00. The molecule has 31 heavy (non-hydrogen) atoms. The zero-order valence-corrected chi connectivity index (χ0v) is 16.9. The van der Waals surface area contributed by atoms with Gasteiger partial charge in [-0.05, 0) is 11.1 Å². The van der Waals surface area contributed by atoms with Crippen molar-refractivity contribution < 1.29 is 29.0 Å². The van der Waals surface area contributed by atoms with E-state index in [4.69, 9.17) is 10.3 Å². The predicted octanol–water partition coefficient (Wildman–Crippen LogP) is 0.541. The number of nitrogens with zero attached hydrogens (tertiary/aromatic N) is 5. The Morgan fingerprint density at radius 3 is 2.77 bits per heavy atom. The second-order valence-corrected chi connectivity index (χ2v) is 8.70. The van der Waals surface area contributed by atoms with Gasteiger partial charge in [-0.1, -0.05) is 47.2 Å². The number of carboxylic acids is 1. The van der Waals surface area contributed by atoms with Crippen molar-refractivity contribution in [1.82, 2.24) is 15.1 Å². The maximum absolute atomic E-state index is 12.6. The molecule has 3 aliphatic rings. The average molecular weight is 446 g/mol. The molecule has 1 aromatic rings. The summed E-state index contributed by atoms with van der Waals surface area (Å²) in [5.41, 5.74) is 9.22. The minimum absolute atomic E-state index is 0.0864. The normalized spacial score (nSPS) is 29.0. The third kappa shape index (κ3) is 3.62. The van der Waals surface area contributed by atoms with Gasteiger partial charge in [0.05, 0.1) is 26.1 Å². The van der Waals surface area contributed by atoms with E-state index in [-0.39, 0.29) is 32.0 Å². The van der Waals surface area contributed by atoms with Crippen molar-refractivity contribution in [2.75, 3.05) is 19.6 Å². The Kier molecular flexibility index (Phi) is 5.38. The number of benzene rings is 1. The van der Waals surface area contributed by atoms with E-state index in [0.29, 0.717) is 0 Å². The Hall–Kier alpha value is -3.44. The molecule has 3 amide bonds. The Balaban J connectivity index is 1.46. The minimum atomic E-state index is -1.75. The quantitative estimate of drug-likeness (QED) is 0.267. The first-order valence-electron chi connectivity index (χ1n) is 9.40. The van der Waals surface area contributed by atoms with E-state index in [1.807, 2.05) is 6.07 Å². The number of cyclic esters (lactones) is 1. The molecule has 1 aromatic carbocycles. The van der Waals surface area contributed by atoms with E-state index in [2.05, 4.69) is 15.3 Å². The number of amides is 3. The van der Waals surface area contributed by atoms with E-state index in [9.17, 15) is 24.3 Å². The first kappa shape index (κ1) is 20.8. The number of azide groups is 1. The number of hydrogen-bond donors (Lipinski definition) is 2. The lowest BCUT2D eigenvalue weighted by Crippen LogP contribution is -2.67. The van der Waals surface area contributed by atoms with E-state index < -0.39 is 40.4 Å². The Labute approximate surface area is 180 Å². The number of ether oxygens (including phenoxy) is 1. The molecule has 12 nitrogen and oxygen atoms in total. The van der Waals surface area contributed by atoms with Crippen molar-refractivity contribution in [2.45, 2.75) is 28.8 Å². The van der Waals surface area contributed by atoms with Crippen molar-refractivity contribution in [3.05, 3.63) is 46.3 Å². The van der Waals surface area contributed by atoms with Gasteiger partial charge in [-0.25, -0.2) is 9.59 Å². The smallest absolute Gasteiger partial charge is 0.411 e. The maximum Gasteiger partial charge on any atom is 0.411 e. The van der Waals surface area contributed by atoms with Crippen molar-refractivity contribution in [2.24, 2.45) is 5.11 Å². The Morgan fingerprint density at radius 1 is 1.35 bits per heavy atom. The molecular weight excluding hydrogens is 428 g/mol. The van der Waals surface area contributed by atoms with Crippen LogP contribution in [0.4, 0.5) is 4.79 Å². The van der Waals surface area contributed by atoms with Gasteiger partial charge in [0.15, 0.2) is 0 Å². The third-order valence-electron chi connectivity index (χ3n) is 5.36. The van der Waals surface area contributed by atoms with Gasteiger partial charge in [0.2, 0.25) is 16.7 Å². The standard InChI is InChI=1S/C18H18N6O6S/c19-22-20-7-11-8-24(17(29)30-11)18(16(27)28)9-23-14(26)13(15(23)31-18)21-12(25)6-10-4-2-1-3-5-10/h1-5,11,13,15H,6-9H2,(H,21,25)(H,27,28)/t11?,13-,15-,18-/m1/s1. The summed E-state index contributed by atoms with van der Waals surface area (Å²) in [7, 11) is 0. The van der Waals surface area contributed by atoms with Crippen molar-refractivity contribution in [1.29, 1.82) is 0 Å². The monoisotopic (exact) mass is 446 g/mol. The van der Waals surface area contributed by atoms with Crippen LogP contribution in [0.2, 0.25) is 0 Å². The summed E-state index contributed by atoms with van der Waals surface area (Å²) in [5, 5.41) is 15.3. The number of β-lactam (4-membered cyclic amide) rings is 1. The van der Waals surface area contributed by atoms with E-state index in [0.717, 1.165) is 22.2 Å². The summed E-state index contributed by atoms with van der Waals surface area (Å²) < 4.78 is 5.11. The fraction of sp³-hybridized carbons (Fsp3) is 0.444. The summed E-state index contributed by atoms with van der Waals surface area (Å²) in [6.45, 7) is -0.439. The molecule has 0 spiro atoms. The first-order valence-corrected chi connectivity index (χ1v) is 10.3. The van der Waals surface area contributed by atoms with Gasteiger partial charge >= 0.3 is 12.1 Å². The molecule has 1 unspecified atom stereocenters. The van der Waals surface area contributed by atoms with Crippen LogP contribution in [-0.4, -0.2) is 80.8 Å². The van der Waals surface area contributed by atoms with Crippen molar-refractivity contribution in [3.8, 4) is 0 Å². The zero-order chi connectivity index (χ0) is 22.2. The SMILES string of the molecule is [N-]=[N+]=NCC1CN([C@]2(C(=O)O)CN3C(=O)[C@@H](NC(=O)Cc4ccccc4)[C@H]3S2)C(=O)O1. The molecule has 2 N–H and O–H groups in total. The number of rotatable bonds is 7. The number of thioether (sulfide) groups is 1. The molecule has 0 bridgehead atoms. The number of hydrogen-bond acceptors (Lipinski definition) is 7. The summed E-state index contributed by atoms with van der Waals surface area (Å²) in [5.74, 6) is -2.05. The highest BCUT2D eigenvalue weighted by Gasteiger charge is 2.66. The van der Waals surface area contributed by atoms with Crippen LogP contribution in [0.1, 0.15) is 5.56 Å². The largest absolute Gasteiger partial charge is 0.479 e. The average Bonchev–Trinajstić information content (AvgIpc) is 3.30. The lowest BCUT2D eigenvalue weighted by molar-refractivity contribution is -0.151. The van der Waals surface area contributed by atoms with Crippen molar-refractivity contribution in [3.63, 3.8) is 0 Å². The van der Waals surface area contributed by atoms with Gasteiger partial charge in [-0.2, -0.15) is 0 Å². The molecule has 4 rings (SSSR count). The highest BCUT2D eigenvalue weighted by molar-refractivity contribution is 8.02. The number of nitrogens with one attached hydrogen (secondary N) is 1.